The van der Waals surface area contributed by atoms with E-state index in [1.807, 2.05) is 22.9 Å². The summed E-state index contributed by atoms with van der Waals surface area (Å²) in [5, 5.41) is 2.66. The first kappa shape index (κ1) is 16.1. The zero-order valence-corrected chi connectivity index (χ0v) is 13.1. The van der Waals surface area contributed by atoms with Gasteiger partial charge in [0.05, 0.1) is 15.6 Å². The summed E-state index contributed by atoms with van der Waals surface area (Å²) < 4.78 is 13.6. The van der Waals surface area contributed by atoms with Crippen molar-refractivity contribution in [3.63, 3.8) is 0 Å². The van der Waals surface area contributed by atoms with Crippen LogP contribution >= 0.6 is 34.7 Å². The Morgan fingerprint density at radius 1 is 1.48 bits per heavy atom. The number of nitrogens with two attached hydrogens (primary N) is 2. The first-order chi connectivity index (χ1) is 10.0. The van der Waals surface area contributed by atoms with Crippen molar-refractivity contribution in [1.82, 2.24) is 5.43 Å². The van der Waals surface area contributed by atoms with E-state index in [4.69, 9.17) is 23.3 Å². The lowest BCUT2D eigenvalue weighted by Crippen LogP contribution is -2.47. The van der Waals surface area contributed by atoms with Gasteiger partial charge in [-0.25, -0.2) is 25.9 Å². The maximum Gasteiger partial charge on any atom is 0.350 e. The normalized spacial score (nSPS) is 10.5. The summed E-state index contributed by atoms with van der Waals surface area (Å²) in [4.78, 5) is 13.0. The van der Waals surface area contributed by atoms with Crippen LogP contribution < -0.4 is 22.1 Å². The van der Waals surface area contributed by atoms with E-state index in [1.54, 1.807) is 11.3 Å². The number of carbonyl (C=O) groups excluding carboxylic acids is 1. The summed E-state index contributed by atoms with van der Waals surface area (Å²) in [6, 6.07) is 5.68. The van der Waals surface area contributed by atoms with Gasteiger partial charge >= 0.3 is 6.03 Å². The first-order valence-corrected chi connectivity index (χ1v) is 7.97. The molecule has 0 bridgehead atoms. The number of amides is 2. The van der Waals surface area contributed by atoms with Gasteiger partial charge in [-0.2, -0.15) is 0 Å². The van der Waals surface area contributed by atoms with Crippen molar-refractivity contribution < 1.29 is 9.18 Å². The van der Waals surface area contributed by atoms with Crippen LogP contribution in [0.15, 0.2) is 34.5 Å². The van der Waals surface area contributed by atoms with Gasteiger partial charge in [-0.15, -0.1) is 23.1 Å². The lowest BCUT2D eigenvalue weighted by Gasteiger charge is -2.20. The van der Waals surface area contributed by atoms with Crippen LogP contribution in [0.3, 0.4) is 0 Å². The molecule has 2 aromatic rings. The van der Waals surface area contributed by atoms with E-state index in [0.717, 1.165) is 16.0 Å². The van der Waals surface area contributed by atoms with Crippen molar-refractivity contribution in [2.75, 3.05) is 5.01 Å². The quantitative estimate of drug-likeness (QED) is 0.344. The van der Waals surface area contributed by atoms with Crippen molar-refractivity contribution in [1.29, 1.82) is 0 Å². The number of nitrogens with one attached hydrogen (secondary N) is 1. The van der Waals surface area contributed by atoms with Gasteiger partial charge in [-0.1, -0.05) is 17.7 Å². The van der Waals surface area contributed by atoms with Crippen LogP contribution in [0.4, 0.5) is 14.9 Å². The van der Waals surface area contributed by atoms with E-state index < -0.39 is 11.8 Å². The van der Waals surface area contributed by atoms with Gasteiger partial charge < -0.3 is 0 Å². The number of hydrogen-bond acceptors (Lipinski definition) is 5. The molecule has 2 amide bonds. The summed E-state index contributed by atoms with van der Waals surface area (Å²) in [5.41, 5.74) is 2.20. The topological polar surface area (TPSA) is 84.4 Å². The van der Waals surface area contributed by atoms with Crippen molar-refractivity contribution in [3.05, 3.63) is 45.4 Å². The van der Waals surface area contributed by atoms with Gasteiger partial charge in [-0.3, -0.25) is 5.43 Å². The highest BCUT2D eigenvalue weighted by atomic mass is 35.5. The van der Waals surface area contributed by atoms with Crippen molar-refractivity contribution in [2.24, 2.45) is 11.7 Å². The predicted octanol–water partition coefficient (Wildman–Crippen LogP) is 3.10. The smallest absolute Gasteiger partial charge is 0.274 e. The molecule has 1 heterocycles. The Morgan fingerprint density at radius 2 is 2.24 bits per heavy atom. The second-order valence-corrected chi connectivity index (χ2v) is 6.29. The fraction of sp³-hybridized carbons (Fsp3) is 0.0833. The number of thioether (sulfide) groups is 1. The minimum atomic E-state index is -0.726. The highest BCUT2D eigenvalue weighted by Crippen LogP contribution is 2.39. The molecule has 5 N–H and O–H groups in total. The highest BCUT2D eigenvalue weighted by Gasteiger charge is 2.19. The monoisotopic (exact) mass is 346 g/mol. The molecule has 9 heteroatoms. The fourth-order valence-corrected chi connectivity index (χ4v) is 3.75. The summed E-state index contributed by atoms with van der Waals surface area (Å²) in [7, 11) is 0. The third-order valence-corrected chi connectivity index (χ3v) is 5.27. The molecule has 5 nitrogen and oxygen atoms in total. The number of hydrazine groups is 2. The Hall–Kier alpha value is -1.32. The molecule has 2 rings (SSSR count). The molecule has 0 atom stereocenters. The Bertz CT molecular complexity index is 638. The number of halogens is 2. The number of hydrogen-bond donors (Lipinski definition) is 3. The zero-order chi connectivity index (χ0) is 15.4. The largest absolute Gasteiger partial charge is 0.350 e. The second-order valence-electron chi connectivity index (χ2n) is 3.90. The van der Waals surface area contributed by atoms with Crippen molar-refractivity contribution in [2.45, 2.75) is 10.6 Å². The Labute approximate surface area is 134 Å². The van der Waals surface area contributed by atoms with E-state index in [0.29, 0.717) is 10.6 Å². The van der Waals surface area contributed by atoms with E-state index in [1.165, 1.54) is 17.8 Å². The number of carbonyl (C=O) groups is 1. The summed E-state index contributed by atoms with van der Waals surface area (Å²) in [5.74, 6) is 10.7. The molecule has 21 heavy (non-hydrogen) atoms. The summed E-state index contributed by atoms with van der Waals surface area (Å²) in [6.45, 7) is 0. The fourth-order valence-electron chi connectivity index (χ4n) is 1.57. The Balaban J connectivity index is 2.32. The van der Waals surface area contributed by atoms with Crippen LogP contribution in [0.1, 0.15) is 4.88 Å². The Kier molecular flexibility index (Phi) is 5.43. The number of rotatable bonds is 4. The van der Waals surface area contributed by atoms with E-state index >= 15 is 0 Å². The third-order valence-electron chi connectivity index (χ3n) is 2.57. The lowest BCUT2D eigenvalue weighted by atomic mass is 10.3. The van der Waals surface area contributed by atoms with Crippen LogP contribution in [0, 0.1) is 5.82 Å². The molecule has 0 radical (unpaired) electrons. The molecule has 112 valence electrons. The molecule has 0 spiro atoms. The zero-order valence-electron chi connectivity index (χ0n) is 10.7. The standard InChI is InChI=1S/C12H12ClFN4OS2/c13-10-8(14)3-4-9(18(16)12(19)17-15)11(10)21-6-7-2-1-5-20-7/h1-5H,6,15-16H2,(H,17,19). The molecule has 1 aromatic heterocycles. The average molecular weight is 347 g/mol. The van der Waals surface area contributed by atoms with Crippen LogP contribution in [0.5, 0.6) is 0 Å². The SMILES string of the molecule is NNC(=O)N(N)c1ccc(F)c(Cl)c1SCc1cccs1. The van der Waals surface area contributed by atoms with Gasteiger partial charge in [0.15, 0.2) is 0 Å². The molecule has 0 unspecified atom stereocenters. The van der Waals surface area contributed by atoms with Gasteiger partial charge in [0.1, 0.15) is 5.82 Å². The van der Waals surface area contributed by atoms with Gasteiger partial charge in [0.2, 0.25) is 0 Å². The van der Waals surface area contributed by atoms with Gasteiger partial charge in [0.25, 0.3) is 0 Å². The van der Waals surface area contributed by atoms with Crippen LogP contribution in [0.25, 0.3) is 0 Å². The maximum atomic E-state index is 13.6. The molecule has 1 aromatic carbocycles. The Morgan fingerprint density at radius 3 is 2.86 bits per heavy atom. The number of urea groups is 1. The average Bonchev–Trinajstić information content (AvgIpc) is 3.00. The van der Waals surface area contributed by atoms with E-state index in [9.17, 15) is 9.18 Å². The molecule has 0 aliphatic heterocycles. The first-order valence-electron chi connectivity index (χ1n) is 5.73. The number of nitrogens with zero attached hydrogens (tertiary/aromatic N) is 1. The minimum Gasteiger partial charge on any atom is -0.274 e. The molecule has 0 fully saturated rings. The van der Waals surface area contributed by atoms with Crippen LogP contribution in [0.2, 0.25) is 5.02 Å². The summed E-state index contributed by atoms with van der Waals surface area (Å²) in [6.07, 6.45) is 0. The van der Waals surface area contributed by atoms with Crippen LogP contribution in [-0.2, 0) is 5.75 Å². The minimum absolute atomic E-state index is 0.0747. The van der Waals surface area contributed by atoms with Crippen LogP contribution in [-0.4, -0.2) is 6.03 Å². The van der Waals surface area contributed by atoms with Gasteiger partial charge in [0, 0.05) is 10.6 Å². The molecular formula is C12H12ClFN4OS2. The number of benzene rings is 1. The lowest BCUT2D eigenvalue weighted by molar-refractivity contribution is 0.246. The molecule has 0 aliphatic carbocycles. The summed E-state index contributed by atoms with van der Waals surface area (Å²) >= 11 is 8.87. The predicted molar refractivity (Wildman–Crippen MR) is 84.7 cm³/mol. The number of anilines is 1. The second kappa shape index (κ2) is 7.10. The molecule has 0 aliphatic rings. The maximum absolute atomic E-state index is 13.6. The molecular weight excluding hydrogens is 335 g/mol. The van der Waals surface area contributed by atoms with Gasteiger partial charge in [-0.05, 0) is 23.6 Å². The molecule has 0 saturated heterocycles. The van der Waals surface area contributed by atoms with E-state index in [-0.39, 0.29) is 10.7 Å². The van der Waals surface area contributed by atoms with Crippen molar-refractivity contribution >= 4 is 46.4 Å². The van der Waals surface area contributed by atoms with E-state index in [2.05, 4.69) is 0 Å². The highest BCUT2D eigenvalue weighted by molar-refractivity contribution is 7.99. The number of thiophene rings is 1. The molecule has 0 saturated carbocycles. The van der Waals surface area contributed by atoms with Crippen molar-refractivity contribution in [3.8, 4) is 0 Å². The third kappa shape index (κ3) is 3.66.